The Balaban J connectivity index is 0.000000251. The van der Waals surface area contributed by atoms with E-state index < -0.39 is 20.6 Å². The van der Waals surface area contributed by atoms with Gasteiger partial charge >= 0.3 is 0 Å². The van der Waals surface area contributed by atoms with Gasteiger partial charge in [0, 0.05) is 66.4 Å². The monoisotopic (exact) mass is 958 g/mol. The van der Waals surface area contributed by atoms with Crippen LogP contribution in [0.25, 0.3) is 83.7 Å². The molecule has 5 aromatic heterocycles. The Hall–Kier alpha value is -6.14. The maximum absolute atomic E-state index is 7.86. The minimum absolute atomic E-state index is 0. The second-order valence-corrected chi connectivity index (χ2v) is 14.9. The standard InChI is InChI=1S/C39H32N3O2.C13H12N.Ir/c1-22(2)30-19-26(35-21-25-11-6-9-16-34(25)43-35)20-31(23(3)4)36(30)42-33-15-8-7-14-32(33)41-38(42)29-13-10-12-27-28-18-17-24(5)40-39(28)44-37(27)29;1-10-3-6-12(7-4-10)13-8-5-11(2)9-14-13;/h6-12,14-23H,1-5H3;3-6,8-9H,1-2H3;/q2*-1;/i5D3;1D3,2D3;. The third-order valence-corrected chi connectivity index (χ3v) is 10.3. The fraction of sp³-hybridized carbons (Fsp3) is 0.173. The van der Waals surface area contributed by atoms with Gasteiger partial charge in [-0.3, -0.25) is 4.98 Å². The molecule has 5 heterocycles. The molecule has 0 spiro atoms. The number of rotatable bonds is 6. The second-order valence-electron chi connectivity index (χ2n) is 14.9. The predicted molar refractivity (Wildman–Crippen MR) is 237 cm³/mol. The average Bonchev–Trinajstić information content (AvgIpc) is 4.01. The summed E-state index contributed by atoms with van der Waals surface area (Å²) >= 11 is 0. The number of aromatic nitrogens is 4. The summed E-state index contributed by atoms with van der Waals surface area (Å²) in [5, 5.41) is 2.64. The van der Waals surface area contributed by atoms with Crippen molar-refractivity contribution in [3.63, 3.8) is 0 Å². The van der Waals surface area contributed by atoms with Crippen LogP contribution in [-0.2, 0) is 20.1 Å². The molecule has 0 aliphatic carbocycles. The van der Waals surface area contributed by atoms with Crippen molar-refractivity contribution >= 4 is 44.1 Å². The van der Waals surface area contributed by atoms with Crippen molar-refractivity contribution in [2.75, 3.05) is 0 Å². The van der Waals surface area contributed by atoms with Crippen LogP contribution >= 0.6 is 0 Å². The number of pyridine rings is 2. The third-order valence-electron chi connectivity index (χ3n) is 10.3. The molecule has 0 atom stereocenters. The summed E-state index contributed by atoms with van der Waals surface area (Å²) in [5.41, 5.74) is 10.2. The molecule has 1 radical (unpaired) electrons. The summed E-state index contributed by atoms with van der Waals surface area (Å²) in [6.45, 7) is 2.17. The number of hydrogen-bond acceptors (Lipinski definition) is 5. The normalized spacial score (nSPS) is 14.4. The number of fused-ring (bicyclic) bond motifs is 5. The number of nitrogens with zero attached hydrogens (tertiary/aromatic N) is 4. The predicted octanol–water partition coefficient (Wildman–Crippen LogP) is 13.9. The van der Waals surface area contributed by atoms with E-state index in [0.29, 0.717) is 28.2 Å². The Bertz CT molecular complexity index is 3320. The van der Waals surface area contributed by atoms with E-state index in [2.05, 4.69) is 84.7 Å². The molecule has 5 aromatic carbocycles. The molecule has 7 heteroatoms. The van der Waals surface area contributed by atoms with Gasteiger partial charge in [-0.1, -0.05) is 88.0 Å². The van der Waals surface area contributed by atoms with Gasteiger partial charge in [-0.15, -0.1) is 53.6 Å². The zero-order valence-electron chi connectivity index (χ0n) is 41.7. The van der Waals surface area contributed by atoms with E-state index >= 15 is 0 Å². The molecule has 6 nitrogen and oxygen atoms in total. The number of aryl methyl sites for hydroxylation is 3. The average molecular weight is 958 g/mol. The van der Waals surface area contributed by atoms with E-state index in [-0.39, 0.29) is 54.5 Å². The van der Waals surface area contributed by atoms with Gasteiger partial charge in [-0.05, 0) is 96.5 Å². The van der Waals surface area contributed by atoms with Crippen LogP contribution in [0.1, 0.15) is 79.8 Å². The van der Waals surface area contributed by atoms with Crippen molar-refractivity contribution in [1.82, 2.24) is 19.5 Å². The Labute approximate surface area is 371 Å². The quantitative estimate of drug-likeness (QED) is 0.155. The van der Waals surface area contributed by atoms with Crippen molar-refractivity contribution in [1.29, 1.82) is 0 Å². The molecular weight excluding hydrogens is 905 g/mol. The Morgan fingerprint density at radius 1 is 0.712 bits per heavy atom. The van der Waals surface area contributed by atoms with Gasteiger partial charge in [0.2, 0.25) is 5.71 Å². The van der Waals surface area contributed by atoms with Crippen LogP contribution < -0.4 is 0 Å². The van der Waals surface area contributed by atoms with Crippen LogP contribution in [0.2, 0.25) is 0 Å². The van der Waals surface area contributed by atoms with Gasteiger partial charge in [0.25, 0.3) is 0 Å². The van der Waals surface area contributed by atoms with Crippen LogP contribution in [0.5, 0.6) is 0 Å². The molecule has 295 valence electrons. The summed E-state index contributed by atoms with van der Waals surface area (Å²) < 4.78 is 82.2. The van der Waals surface area contributed by atoms with Crippen LogP contribution in [0, 0.1) is 32.7 Å². The van der Waals surface area contributed by atoms with Crippen LogP contribution in [0.15, 0.2) is 136 Å². The number of furan rings is 2. The van der Waals surface area contributed by atoms with E-state index in [1.165, 1.54) is 24.4 Å². The number of imidazole rings is 1. The second kappa shape index (κ2) is 16.2. The molecule has 0 saturated heterocycles. The van der Waals surface area contributed by atoms with Crippen molar-refractivity contribution in [3.8, 4) is 39.7 Å². The topological polar surface area (TPSA) is 69.9 Å². The Morgan fingerprint density at radius 2 is 1.49 bits per heavy atom. The molecule has 0 fully saturated rings. The summed E-state index contributed by atoms with van der Waals surface area (Å²) in [6.07, 6.45) is 1.30. The molecule has 0 N–H and O–H groups in total. The summed E-state index contributed by atoms with van der Waals surface area (Å²) in [5.74, 6) is 1.87. The van der Waals surface area contributed by atoms with Crippen LogP contribution in [0.3, 0.4) is 0 Å². The maximum Gasteiger partial charge on any atom is 0.216 e. The van der Waals surface area contributed by atoms with Gasteiger partial charge in [-0.25, -0.2) is 4.98 Å². The fourth-order valence-corrected chi connectivity index (χ4v) is 7.43. The molecule has 0 aliphatic rings. The molecule has 10 rings (SSSR count). The summed E-state index contributed by atoms with van der Waals surface area (Å²) in [7, 11) is 0. The van der Waals surface area contributed by atoms with Crippen molar-refractivity contribution in [3.05, 3.63) is 168 Å². The summed E-state index contributed by atoms with van der Waals surface area (Å²) in [6, 6.07) is 43.8. The first-order valence-corrected chi connectivity index (χ1v) is 19.1. The van der Waals surface area contributed by atoms with Crippen molar-refractivity contribution in [2.24, 2.45) is 0 Å². The molecule has 59 heavy (non-hydrogen) atoms. The molecule has 0 aliphatic heterocycles. The maximum atomic E-state index is 7.86. The molecule has 10 aromatic rings. The van der Waals surface area contributed by atoms with Gasteiger partial charge in [0.15, 0.2) is 0 Å². The van der Waals surface area contributed by atoms with Crippen molar-refractivity contribution in [2.45, 2.75) is 60.1 Å². The Kier molecular flexibility index (Phi) is 8.26. The number of para-hydroxylation sites is 3. The largest absolute Gasteiger partial charge is 0.486 e. The molecule has 0 amide bonds. The van der Waals surface area contributed by atoms with E-state index in [4.69, 9.17) is 26.2 Å². The van der Waals surface area contributed by atoms with Crippen LogP contribution in [0.4, 0.5) is 0 Å². The van der Waals surface area contributed by atoms with E-state index in [0.717, 1.165) is 60.9 Å². The van der Waals surface area contributed by atoms with Gasteiger partial charge in [0.05, 0.1) is 22.4 Å². The van der Waals surface area contributed by atoms with E-state index in [1.807, 2.05) is 48.5 Å². The fourth-order valence-electron chi connectivity index (χ4n) is 7.43. The SMILES string of the molecule is [2H]C([2H])([2H])c1c[c-]c(-c2ccc(C([2H])([2H])[2H])cn2)cc1.[2H]C([2H])([2H])c1ccc2c(n1)oc1c(-c3nc4ccccc4n3-c3c(C(C)C)cc(-c4cc5ccccc5o4)cc3C(C)C)[c-]ccc12.[Ir]. The third kappa shape index (κ3) is 7.53. The number of hydrogen-bond donors (Lipinski definition) is 0. The van der Waals surface area contributed by atoms with Gasteiger partial charge in [-0.2, -0.15) is 0 Å². The number of benzene rings is 5. The molecule has 0 bridgehead atoms. The summed E-state index contributed by atoms with van der Waals surface area (Å²) in [4.78, 5) is 13.7. The molecule has 0 saturated carbocycles. The zero-order chi connectivity index (χ0) is 47.6. The van der Waals surface area contributed by atoms with Gasteiger partial charge in [0.1, 0.15) is 11.3 Å². The van der Waals surface area contributed by atoms with E-state index in [9.17, 15) is 0 Å². The minimum Gasteiger partial charge on any atom is -0.486 e. The minimum atomic E-state index is -2.34. The first kappa shape index (κ1) is 30.0. The van der Waals surface area contributed by atoms with Crippen LogP contribution in [-0.4, -0.2) is 19.5 Å². The van der Waals surface area contributed by atoms with Gasteiger partial charge < -0.3 is 18.4 Å². The Morgan fingerprint density at radius 3 is 2.20 bits per heavy atom. The zero-order valence-corrected chi connectivity index (χ0v) is 35.1. The molecule has 0 unspecified atom stereocenters. The smallest absolute Gasteiger partial charge is 0.216 e. The molecular formula is C52H44IrN4O2-2. The van der Waals surface area contributed by atoms with Crippen molar-refractivity contribution < 1.29 is 41.3 Å². The first-order valence-electron chi connectivity index (χ1n) is 23.6. The van der Waals surface area contributed by atoms with E-state index in [1.54, 1.807) is 24.3 Å². The first-order chi connectivity index (χ1) is 31.8.